The first-order valence-corrected chi connectivity index (χ1v) is 12.7. The van der Waals surface area contributed by atoms with Gasteiger partial charge in [-0.3, -0.25) is 0 Å². The van der Waals surface area contributed by atoms with E-state index in [1.165, 1.54) is 22.5 Å². The third-order valence-electron chi connectivity index (χ3n) is 6.62. The van der Waals surface area contributed by atoms with Gasteiger partial charge in [-0.05, 0) is 36.0 Å². The zero-order chi connectivity index (χ0) is 28.6. The van der Waals surface area contributed by atoms with E-state index in [9.17, 15) is 0 Å². The Bertz CT molecular complexity index is 1980. The molecular weight excluding hydrogens is 657 g/mol. The SMILES string of the molecule is CC(C)Cc1cccc2c1cnc1c3[c-]cccc3c3cncn3c21.[2H]C([2H])([2H])c1ccc(-c2[c-]cccc2)nc1.[Ir]. The van der Waals surface area contributed by atoms with E-state index in [0.29, 0.717) is 5.92 Å². The first kappa shape index (κ1) is 23.0. The molecule has 4 heterocycles. The standard InChI is InChI=1S/C22H18N3.C12H10N.Ir/c1-14(2)10-15-6-5-9-18-19(15)11-24-21-17-8-4-3-7-16(17)20-12-23-13-25(20)22(18)21;1-10-7-8-12(13-9-10)11-5-3-2-4-6-11;/h3-7,9,11-14H,10H2,1-2H3;2-5,7-9H,1H3;/q2*-1;/i;1D3;. The van der Waals surface area contributed by atoms with E-state index in [1.54, 1.807) is 18.2 Å². The zero-order valence-electron chi connectivity index (χ0n) is 24.6. The Morgan fingerprint density at radius 1 is 0.846 bits per heavy atom. The van der Waals surface area contributed by atoms with Crippen LogP contribution in [-0.2, 0) is 26.5 Å². The number of pyridine rings is 3. The van der Waals surface area contributed by atoms with Crippen molar-refractivity contribution in [1.82, 2.24) is 19.4 Å². The van der Waals surface area contributed by atoms with Crippen LogP contribution in [0.15, 0.2) is 97.7 Å². The van der Waals surface area contributed by atoms with Gasteiger partial charge < -0.3 is 14.4 Å². The van der Waals surface area contributed by atoms with Crippen molar-refractivity contribution in [3.63, 3.8) is 0 Å². The van der Waals surface area contributed by atoms with Crippen molar-refractivity contribution >= 4 is 38.1 Å². The van der Waals surface area contributed by atoms with Gasteiger partial charge in [-0.2, -0.15) is 0 Å². The molecule has 7 rings (SSSR count). The molecule has 0 spiro atoms. The maximum Gasteiger partial charge on any atom is 0.0983 e. The average Bonchev–Trinajstić information content (AvgIpc) is 3.48. The van der Waals surface area contributed by atoms with E-state index in [0.717, 1.165) is 45.0 Å². The number of aromatic nitrogens is 4. The van der Waals surface area contributed by atoms with Gasteiger partial charge in [0.2, 0.25) is 0 Å². The number of benzene rings is 3. The van der Waals surface area contributed by atoms with Gasteiger partial charge in [0.05, 0.1) is 6.33 Å². The Morgan fingerprint density at radius 3 is 2.49 bits per heavy atom. The van der Waals surface area contributed by atoms with Crippen LogP contribution in [0.4, 0.5) is 0 Å². The van der Waals surface area contributed by atoms with E-state index in [1.807, 2.05) is 49.1 Å². The Morgan fingerprint density at radius 2 is 1.72 bits per heavy atom. The summed E-state index contributed by atoms with van der Waals surface area (Å²) in [5.41, 5.74) is 6.40. The van der Waals surface area contributed by atoms with Crippen molar-refractivity contribution in [2.24, 2.45) is 5.92 Å². The minimum Gasteiger partial charge on any atom is -0.314 e. The van der Waals surface area contributed by atoms with E-state index < -0.39 is 6.85 Å². The van der Waals surface area contributed by atoms with Crippen molar-refractivity contribution in [2.45, 2.75) is 27.1 Å². The fraction of sp³-hybridized carbons (Fsp3) is 0.147. The molecule has 195 valence electrons. The van der Waals surface area contributed by atoms with Gasteiger partial charge in [0.15, 0.2) is 0 Å². The van der Waals surface area contributed by atoms with Crippen LogP contribution in [0.5, 0.6) is 0 Å². The number of aryl methyl sites for hydroxylation is 1. The summed E-state index contributed by atoms with van der Waals surface area (Å²) in [7, 11) is 0. The normalized spacial score (nSPS) is 12.5. The molecule has 0 saturated carbocycles. The fourth-order valence-corrected chi connectivity index (χ4v) is 4.96. The Kier molecular flexibility index (Phi) is 6.75. The number of imidazole rings is 1. The summed E-state index contributed by atoms with van der Waals surface area (Å²) in [6, 6.07) is 29.8. The van der Waals surface area contributed by atoms with Crippen molar-refractivity contribution in [3.05, 3.63) is 121 Å². The molecule has 39 heavy (non-hydrogen) atoms. The molecule has 0 fully saturated rings. The summed E-state index contributed by atoms with van der Waals surface area (Å²) in [5.74, 6) is 0.611. The van der Waals surface area contributed by atoms with E-state index in [2.05, 4.69) is 64.6 Å². The van der Waals surface area contributed by atoms with Crippen molar-refractivity contribution < 1.29 is 24.2 Å². The van der Waals surface area contributed by atoms with Crippen LogP contribution in [0.3, 0.4) is 0 Å². The first-order chi connectivity index (χ1) is 19.8. The van der Waals surface area contributed by atoms with Crippen LogP contribution in [0.1, 0.15) is 29.1 Å². The van der Waals surface area contributed by atoms with Gasteiger partial charge in [-0.15, -0.1) is 65.5 Å². The molecule has 5 heteroatoms. The minimum atomic E-state index is -2.09. The fourth-order valence-electron chi connectivity index (χ4n) is 4.96. The molecule has 7 aromatic rings. The van der Waals surface area contributed by atoms with Crippen molar-refractivity contribution in [1.29, 1.82) is 0 Å². The van der Waals surface area contributed by atoms with Gasteiger partial charge in [-0.25, -0.2) is 4.98 Å². The first-order valence-electron chi connectivity index (χ1n) is 14.2. The van der Waals surface area contributed by atoms with Gasteiger partial charge in [-0.1, -0.05) is 49.6 Å². The Balaban J connectivity index is 0.000000181. The second kappa shape index (κ2) is 11.4. The number of hydrogen-bond donors (Lipinski definition) is 0. The molecule has 0 N–H and O–H groups in total. The van der Waals surface area contributed by atoms with E-state index >= 15 is 0 Å². The summed E-state index contributed by atoms with van der Waals surface area (Å²) in [6.45, 7) is 2.42. The topological polar surface area (TPSA) is 43.1 Å². The maximum atomic E-state index is 7.23. The molecule has 1 radical (unpaired) electrons. The van der Waals surface area contributed by atoms with Crippen LogP contribution in [0, 0.1) is 24.9 Å². The van der Waals surface area contributed by atoms with Gasteiger partial charge in [0, 0.05) is 70.1 Å². The predicted octanol–water partition coefficient (Wildman–Crippen LogP) is 8.04. The monoisotopic (exact) mass is 688 g/mol. The third kappa shape index (κ3) is 5.21. The Hall–Kier alpha value is -3.92. The quantitative estimate of drug-likeness (QED) is 0.140. The molecule has 0 unspecified atom stereocenters. The molecule has 0 saturated heterocycles. The van der Waals surface area contributed by atoms with Gasteiger partial charge in [0.25, 0.3) is 0 Å². The molecule has 0 aliphatic rings. The smallest absolute Gasteiger partial charge is 0.0983 e. The largest absolute Gasteiger partial charge is 0.314 e. The second-order valence-electron chi connectivity index (χ2n) is 9.75. The zero-order valence-corrected chi connectivity index (χ0v) is 24.0. The van der Waals surface area contributed by atoms with Crippen LogP contribution in [0.25, 0.3) is 49.4 Å². The summed E-state index contributed by atoms with van der Waals surface area (Å²) in [4.78, 5) is 13.4. The molecule has 0 aliphatic heterocycles. The second-order valence-corrected chi connectivity index (χ2v) is 9.75. The number of rotatable bonds is 3. The molecule has 3 aromatic carbocycles. The third-order valence-corrected chi connectivity index (χ3v) is 6.62. The summed E-state index contributed by atoms with van der Waals surface area (Å²) in [5, 5.41) is 4.65. The van der Waals surface area contributed by atoms with Crippen molar-refractivity contribution in [2.75, 3.05) is 0 Å². The summed E-state index contributed by atoms with van der Waals surface area (Å²) < 4.78 is 23.9. The van der Waals surface area contributed by atoms with Crippen molar-refractivity contribution in [3.8, 4) is 11.3 Å². The minimum absolute atomic E-state index is 0. The molecular formula is C34H28IrN4-2. The number of fused-ring (bicyclic) bond motifs is 8. The molecule has 0 aliphatic carbocycles. The van der Waals surface area contributed by atoms with Gasteiger partial charge >= 0.3 is 0 Å². The predicted molar refractivity (Wildman–Crippen MR) is 156 cm³/mol. The van der Waals surface area contributed by atoms with E-state index in [4.69, 9.17) is 9.10 Å². The number of hydrogen-bond acceptors (Lipinski definition) is 3. The summed E-state index contributed by atoms with van der Waals surface area (Å²) in [6.07, 6.45) is 8.28. The molecule has 0 atom stereocenters. The molecule has 0 amide bonds. The molecule has 0 bridgehead atoms. The average molecular weight is 688 g/mol. The molecule has 4 nitrogen and oxygen atoms in total. The Labute approximate surface area is 246 Å². The maximum absolute atomic E-state index is 7.23. The molecule has 4 aromatic heterocycles. The van der Waals surface area contributed by atoms with Crippen LogP contribution < -0.4 is 0 Å². The summed E-state index contributed by atoms with van der Waals surface area (Å²) >= 11 is 0. The number of nitrogens with zero attached hydrogens (tertiary/aromatic N) is 4. The van der Waals surface area contributed by atoms with Crippen LogP contribution >= 0.6 is 0 Å². The van der Waals surface area contributed by atoms with Crippen LogP contribution in [0.2, 0.25) is 0 Å². The van der Waals surface area contributed by atoms with E-state index in [-0.39, 0.29) is 25.7 Å². The van der Waals surface area contributed by atoms with Crippen LogP contribution in [-0.4, -0.2) is 19.4 Å². The van der Waals surface area contributed by atoms with Gasteiger partial charge in [0.1, 0.15) is 0 Å².